The summed E-state index contributed by atoms with van der Waals surface area (Å²) in [7, 11) is 1.59. The molecule has 0 aliphatic carbocycles. The molecule has 0 saturated heterocycles. The Kier molecular flexibility index (Phi) is 5.78. The highest BCUT2D eigenvalue weighted by atomic mass is 16.5. The Balaban J connectivity index is 2.06. The minimum Gasteiger partial charge on any atom is -0.495 e. The topological polar surface area (TPSA) is 38.3 Å². The predicted molar refractivity (Wildman–Crippen MR) is 91.3 cm³/mol. The van der Waals surface area contributed by atoms with Crippen LogP contribution < -0.4 is 10.1 Å². The van der Waals surface area contributed by atoms with E-state index in [1.54, 1.807) is 7.11 Å². The third kappa shape index (κ3) is 4.22. The zero-order chi connectivity index (χ0) is 15.8. The number of nitrogens with one attached hydrogen (secondary N) is 1. The van der Waals surface area contributed by atoms with Gasteiger partial charge in [-0.1, -0.05) is 49.8 Å². The number of unbranched alkanes of at least 4 members (excludes halogenated alkanes) is 1. The average Bonchev–Trinajstić information content (AvgIpc) is 2.56. The fourth-order valence-electron chi connectivity index (χ4n) is 2.07. The highest BCUT2D eigenvalue weighted by molar-refractivity contribution is 6.05. The molecular formula is C19H21NO2. The van der Waals surface area contributed by atoms with Gasteiger partial charge in [0.15, 0.2) is 0 Å². The van der Waals surface area contributed by atoms with Crippen LogP contribution in [-0.4, -0.2) is 13.0 Å². The Hall–Kier alpha value is -2.55. The van der Waals surface area contributed by atoms with E-state index < -0.39 is 0 Å². The maximum Gasteiger partial charge on any atom is 0.255 e. The number of para-hydroxylation sites is 2. The maximum atomic E-state index is 12.3. The molecule has 114 valence electrons. The van der Waals surface area contributed by atoms with Crippen molar-refractivity contribution in [2.75, 3.05) is 12.4 Å². The third-order valence-electron chi connectivity index (χ3n) is 3.29. The smallest absolute Gasteiger partial charge is 0.255 e. The first kappa shape index (κ1) is 15.8. The van der Waals surface area contributed by atoms with Crippen LogP contribution in [0.15, 0.2) is 54.6 Å². The lowest BCUT2D eigenvalue weighted by Crippen LogP contribution is -2.12. The third-order valence-corrected chi connectivity index (χ3v) is 3.29. The number of rotatable bonds is 6. The van der Waals surface area contributed by atoms with Crippen LogP contribution in [0.5, 0.6) is 5.75 Å². The first-order valence-corrected chi connectivity index (χ1v) is 7.45. The summed E-state index contributed by atoms with van der Waals surface area (Å²) in [6, 6.07) is 14.9. The number of ether oxygens (including phenoxy) is 1. The molecule has 0 bridgehead atoms. The number of carbonyl (C=O) groups is 1. The van der Waals surface area contributed by atoms with Gasteiger partial charge in [0.05, 0.1) is 12.8 Å². The molecule has 3 nitrogen and oxygen atoms in total. The molecule has 0 atom stereocenters. The molecule has 22 heavy (non-hydrogen) atoms. The van der Waals surface area contributed by atoms with E-state index >= 15 is 0 Å². The molecule has 1 N–H and O–H groups in total. The monoisotopic (exact) mass is 295 g/mol. The molecule has 3 heteroatoms. The number of benzene rings is 2. The summed E-state index contributed by atoms with van der Waals surface area (Å²) in [4.78, 5) is 12.3. The average molecular weight is 295 g/mol. The molecule has 0 unspecified atom stereocenters. The van der Waals surface area contributed by atoms with Gasteiger partial charge in [-0.15, -0.1) is 0 Å². The Labute approximate surface area is 131 Å². The normalized spacial score (nSPS) is 10.6. The van der Waals surface area contributed by atoms with Crippen molar-refractivity contribution in [1.82, 2.24) is 0 Å². The van der Waals surface area contributed by atoms with Gasteiger partial charge in [0.25, 0.3) is 5.91 Å². The summed E-state index contributed by atoms with van der Waals surface area (Å²) in [5.41, 5.74) is 2.39. The molecule has 2 rings (SSSR count). The Morgan fingerprint density at radius 2 is 1.86 bits per heavy atom. The molecule has 0 spiro atoms. The number of carbonyl (C=O) groups excluding carboxylic acids is 1. The van der Waals surface area contributed by atoms with Gasteiger partial charge in [0.1, 0.15) is 5.75 Å². The summed E-state index contributed by atoms with van der Waals surface area (Å²) in [6.45, 7) is 2.15. The van der Waals surface area contributed by atoms with Crippen molar-refractivity contribution in [3.63, 3.8) is 0 Å². The van der Waals surface area contributed by atoms with Crippen LogP contribution in [0.25, 0.3) is 6.08 Å². The van der Waals surface area contributed by atoms with Crippen molar-refractivity contribution in [2.45, 2.75) is 19.8 Å². The number of methoxy groups -OCH3 is 1. The van der Waals surface area contributed by atoms with Crippen LogP contribution in [0, 0.1) is 0 Å². The van der Waals surface area contributed by atoms with Crippen molar-refractivity contribution >= 4 is 17.7 Å². The molecule has 0 aliphatic heterocycles. The van der Waals surface area contributed by atoms with Gasteiger partial charge in [0.2, 0.25) is 0 Å². The van der Waals surface area contributed by atoms with E-state index in [1.165, 1.54) is 0 Å². The van der Waals surface area contributed by atoms with Crippen molar-refractivity contribution in [1.29, 1.82) is 0 Å². The van der Waals surface area contributed by atoms with Crippen LogP contribution in [-0.2, 0) is 0 Å². The molecule has 0 aliphatic rings. The lowest BCUT2D eigenvalue weighted by molar-refractivity contribution is 0.102. The largest absolute Gasteiger partial charge is 0.495 e. The van der Waals surface area contributed by atoms with Gasteiger partial charge < -0.3 is 10.1 Å². The standard InChI is InChI=1S/C19H21NO2/c1-3-4-5-8-15-11-13-16(14-12-15)19(21)20-17-9-6-7-10-18(17)22-2/h5-14H,3-4H2,1-2H3,(H,20,21)/b8-5+. The zero-order valence-electron chi connectivity index (χ0n) is 13.0. The van der Waals surface area contributed by atoms with Gasteiger partial charge in [-0.2, -0.15) is 0 Å². The molecule has 0 saturated carbocycles. The van der Waals surface area contributed by atoms with Crippen molar-refractivity contribution < 1.29 is 9.53 Å². The summed E-state index contributed by atoms with van der Waals surface area (Å²) in [6.07, 6.45) is 6.42. The van der Waals surface area contributed by atoms with Gasteiger partial charge in [0, 0.05) is 5.56 Å². The molecule has 0 aromatic heterocycles. The summed E-state index contributed by atoms with van der Waals surface area (Å²) < 4.78 is 5.23. The van der Waals surface area contributed by atoms with Gasteiger partial charge in [-0.05, 0) is 36.2 Å². The van der Waals surface area contributed by atoms with E-state index in [0.717, 1.165) is 18.4 Å². The summed E-state index contributed by atoms with van der Waals surface area (Å²) in [5.74, 6) is 0.503. The van der Waals surface area contributed by atoms with Crippen LogP contribution >= 0.6 is 0 Å². The van der Waals surface area contributed by atoms with Gasteiger partial charge in [-0.25, -0.2) is 0 Å². The lowest BCUT2D eigenvalue weighted by atomic mass is 10.1. The second-order valence-electron chi connectivity index (χ2n) is 4.97. The predicted octanol–water partition coefficient (Wildman–Crippen LogP) is 4.76. The Morgan fingerprint density at radius 1 is 1.14 bits per heavy atom. The van der Waals surface area contributed by atoms with Gasteiger partial charge >= 0.3 is 0 Å². The number of hydrogen-bond acceptors (Lipinski definition) is 2. The number of hydrogen-bond donors (Lipinski definition) is 1. The van der Waals surface area contributed by atoms with E-state index in [4.69, 9.17) is 4.74 Å². The summed E-state index contributed by atoms with van der Waals surface area (Å²) in [5, 5.41) is 2.87. The highest BCUT2D eigenvalue weighted by Crippen LogP contribution is 2.23. The van der Waals surface area contributed by atoms with E-state index in [1.807, 2.05) is 48.5 Å². The van der Waals surface area contributed by atoms with Crippen molar-refractivity contribution in [3.8, 4) is 5.75 Å². The first-order valence-electron chi connectivity index (χ1n) is 7.45. The number of anilines is 1. The van der Waals surface area contributed by atoms with Crippen LogP contribution in [0.3, 0.4) is 0 Å². The van der Waals surface area contributed by atoms with E-state index in [9.17, 15) is 4.79 Å². The zero-order valence-corrected chi connectivity index (χ0v) is 13.0. The number of allylic oxidation sites excluding steroid dienone is 1. The maximum absolute atomic E-state index is 12.3. The summed E-state index contributed by atoms with van der Waals surface area (Å²) >= 11 is 0. The quantitative estimate of drug-likeness (QED) is 0.834. The van der Waals surface area contributed by atoms with E-state index in [2.05, 4.69) is 24.4 Å². The molecule has 2 aromatic carbocycles. The SMILES string of the molecule is CCC/C=C/c1ccc(C(=O)Nc2ccccc2OC)cc1. The Morgan fingerprint density at radius 3 is 2.55 bits per heavy atom. The molecule has 0 radical (unpaired) electrons. The molecular weight excluding hydrogens is 274 g/mol. The minimum atomic E-state index is -0.145. The second-order valence-corrected chi connectivity index (χ2v) is 4.97. The van der Waals surface area contributed by atoms with Gasteiger partial charge in [-0.3, -0.25) is 4.79 Å². The fraction of sp³-hybridized carbons (Fsp3) is 0.211. The second kappa shape index (κ2) is 8.03. The number of amides is 1. The van der Waals surface area contributed by atoms with Crippen LogP contribution in [0.4, 0.5) is 5.69 Å². The molecule has 0 fully saturated rings. The van der Waals surface area contributed by atoms with Crippen molar-refractivity contribution in [2.24, 2.45) is 0 Å². The van der Waals surface area contributed by atoms with Crippen LogP contribution in [0.2, 0.25) is 0 Å². The van der Waals surface area contributed by atoms with E-state index in [-0.39, 0.29) is 5.91 Å². The van der Waals surface area contributed by atoms with Crippen molar-refractivity contribution in [3.05, 3.63) is 65.7 Å². The highest BCUT2D eigenvalue weighted by Gasteiger charge is 2.08. The van der Waals surface area contributed by atoms with Crippen LogP contribution in [0.1, 0.15) is 35.7 Å². The first-order chi connectivity index (χ1) is 10.7. The Bertz CT molecular complexity index is 645. The molecule has 2 aromatic rings. The minimum absolute atomic E-state index is 0.145. The molecule has 0 heterocycles. The lowest BCUT2D eigenvalue weighted by Gasteiger charge is -2.09. The molecule has 1 amide bonds. The van der Waals surface area contributed by atoms with E-state index in [0.29, 0.717) is 17.0 Å². The fourth-order valence-corrected chi connectivity index (χ4v) is 2.07.